The second kappa shape index (κ2) is 11.7. The van der Waals surface area contributed by atoms with Gasteiger partial charge in [0.2, 0.25) is 5.91 Å². The fourth-order valence-corrected chi connectivity index (χ4v) is 2.54. The van der Waals surface area contributed by atoms with E-state index in [1.807, 2.05) is 56.3 Å². The van der Waals surface area contributed by atoms with E-state index in [9.17, 15) is 4.79 Å². The molecule has 0 aromatic heterocycles. The van der Waals surface area contributed by atoms with Crippen molar-refractivity contribution in [3.8, 4) is 17.2 Å². The highest BCUT2D eigenvalue weighted by Gasteiger charge is 2.07. The van der Waals surface area contributed by atoms with Gasteiger partial charge in [0, 0.05) is 6.08 Å². The van der Waals surface area contributed by atoms with Gasteiger partial charge in [-0.25, -0.2) is 0 Å². The molecule has 1 N–H and O–H groups in total. The third kappa shape index (κ3) is 6.65. The van der Waals surface area contributed by atoms with Crippen LogP contribution in [0.25, 0.3) is 6.08 Å². The van der Waals surface area contributed by atoms with Gasteiger partial charge < -0.3 is 19.5 Å². The van der Waals surface area contributed by atoms with Crippen molar-refractivity contribution in [3.63, 3.8) is 0 Å². The molecule has 0 spiro atoms. The first-order chi connectivity index (χ1) is 13.7. The lowest BCUT2D eigenvalue weighted by molar-refractivity contribution is -0.111. The normalized spacial score (nSPS) is 10.7. The standard InChI is InChI=1S/C23H29NO4/c1-4-7-16-28-20-11-9-8-10-19(20)24-23(25)15-13-18-12-14-21(26-5-2)22(17-18)27-6-3/h8-15,17H,4-7,16H2,1-3H3,(H,24,25). The quantitative estimate of drug-likeness (QED) is 0.422. The molecule has 2 aromatic carbocycles. The van der Waals surface area contributed by atoms with E-state index in [1.165, 1.54) is 6.08 Å². The Bertz CT molecular complexity index is 786. The van der Waals surface area contributed by atoms with Crippen molar-refractivity contribution in [2.75, 3.05) is 25.1 Å². The lowest BCUT2D eigenvalue weighted by atomic mass is 10.2. The van der Waals surface area contributed by atoms with E-state index in [4.69, 9.17) is 14.2 Å². The van der Waals surface area contributed by atoms with Gasteiger partial charge in [0.1, 0.15) is 5.75 Å². The van der Waals surface area contributed by atoms with Crippen molar-refractivity contribution < 1.29 is 19.0 Å². The van der Waals surface area contributed by atoms with Crippen LogP contribution < -0.4 is 19.5 Å². The van der Waals surface area contributed by atoms with Gasteiger partial charge in [0.25, 0.3) is 0 Å². The van der Waals surface area contributed by atoms with Crippen molar-refractivity contribution >= 4 is 17.7 Å². The highest BCUT2D eigenvalue weighted by atomic mass is 16.5. The monoisotopic (exact) mass is 383 g/mol. The van der Waals surface area contributed by atoms with Crippen LogP contribution in [0, 0.1) is 0 Å². The van der Waals surface area contributed by atoms with E-state index >= 15 is 0 Å². The van der Waals surface area contributed by atoms with Crippen molar-refractivity contribution in [1.29, 1.82) is 0 Å². The topological polar surface area (TPSA) is 56.8 Å². The average molecular weight is 383 g/mol. The van der Waals surface area contributed by atoms with Crippen LogP contribution >= 0.6 is 0 Å². The fourth-order valence-electron chi connectivity index (χ4n) is 2.54. The maximum Gasteiger partial charge on any atom is 0.248 e. The van der Waals surface area contributed by atoms with E-state index in [-0.39, 0.29) is 5.91 Å². The maximum atomic E-state index is 12.3. The number of hydrogen-bond acceptors (Lipinski definition) is 4. The molecule has 2 rings (SSSR count). The number of ether oxygens (including phenoxy) is 3. The summed E-state index contributed by atoms with van der Waals surface area (Å²) in [6.07, 6.45) is 5.27. The van der Waals surface area contributed by atoms with Gasteiger partial charge >= 0.3 is 0 Å². The van der Waals surface area contributed by atoms with Gasteiger partial charge in [-0.2, -0.15) is 0 Å². The highest BCUT2D eigenvalue weighted by Crippen LogP contribution is 2.29. The number of anilines is 1. The largest absolute Gasteiger partial charge is 0.491 e. The first kappa shape index (κ1) is 21.4. The Kier molecular flexibility index (Phi) is 8.92. The van der Waals surface area contributed by atoms with Crippen molar-refractivity contribution in [1.82, 2.24) is 0 Å². The van der Waals surface area contributed by atoms with Crippen LogP contribution in [0.5, 0.6) is 17.2 Å². The summed E-state index contributed by atoms with van der Waals surface area (Å²) in [6, 6.07) is 13.0. The van der Waals surface area contributed by atoms with E-state index in [1.54, 1.807) is 6.08 Å². The number of rotatable bonds is 11. The van der Waals surface area contributed by atoms with Gasteiger partial charge in [-0.05, 0) is 56.2 Å². The zero-order valence-electron chi connectivity index (χ0n) is 16.9. The Labute approximate surface area is 167 Å². The predicted octanol–water partition coefficient (Wildman–Crippen LogP) is 5.31. The summed E-state index contributed by atoms with van der Waals surface area (Å²) in [4.78, 5) is 12.3. The molecule has 0 aliphatic carbocycles. The molecular formula is C23H29NO4. The summed E-state index contributed by atoms with van der Waals surface area (Å²) in [5, 5.41) is 2.87. The third-order valence-corrected chi connectivity index (χ3v) is 3.89. The molecule has 0 saturated carbocycles. The Morgan fingerprint density at radius 1 is 0.929 bits per heavy atom. The molecule has 1 amide bonds. The molecule has 150 valence electrons. The molecule has 0 heterocycles. The lowest BCUT2D eigenvalue weighted by Gasteiger charge is -2.12. The zero-order valence-corrected chi connectivity index (χ0v) is 16.9. The smallest absolute Gasteiger partial charge is 0.248 e. The van der Waals surface area contributed by atoms with E-state index in [0.717, 1.165) is 18.4 Å². The minimum atomic E-state index is -0.224. The summed E-state index contributed by atoms with van der Waals surface area (Å²) in [6.45, 7) is 7.70. The first-order valence-corrected chi connectivity index (χ1v) is 9.78. The Hall–Kier alpha value is -2.95. The predicted molar refractivity (Wildman–Crippen MR) is 113 cm³/mol. The molecule has 0 aliphatic rings. The Morgan fingerprint density at radius 2 is 1.68 bits per heavy atom. The van der Waals surface area contributed by atoms with Crippen LogP contribution in [0.4, 0.5) is 5.69 Å². The number of hydrogen-bond donors (Lipinski definition) is 1. The van der Waals surface area contributed by atoms with Crippen molar-refractivity contribution in [3.05, 3.63) is 54.1 Å². The minimum absolute atomic E-state index is 0.224. The number of carbonyl (C=O) groups is 1. The Morgan fingerprint density at radius 3 is 2.43 bits per heavy atom. The van der Waals surface area contributed by atoms with Gasteiger partial charge in [0.15, 0.2) is 11.5 Å². The number of unbranched alkanes of at least 4 members (excludes halogenated alkanes) is 1. The van der Waals surface area contributed by atoms with Crippen molar-refractivity contribution in [2.24, 2.45) is 0 Å². The van der Waals surface area contributed by atoms with Crippen LogP contribution in [-0.2, 0) is 4.79 Å². The second-order valence-electron chi connectivity index (χ2n) is 6.09. The Balaban J connectivity index is 2.05. The molecule has 0 atom stereocenters. The molecule has 5 nitrogen and oxygen atoms in total. The number of nitrogens with one attached hydrogen (secondary N) is 1. The van der Waals surface area contributed by atoms with Gasteiger partial charge in [-0.15, -0.1) is 0 Å². The van der Waals surface area contributed by atoms with Crippen LogP contribution in [0.2, 0.25) is 0 Å². The summed E-state index contributed by atoms with van der Waals surface area (Å²) in [5.74, 6) is 1.82. The molecular weight excluding hydrogens is 354 g/mol. The summed E-state index contributed by atoms with van der Waals surface area (Å²) >= 11 is 0. The summed E-state index contributed by atoms with van der Waals surface area (Å²) in [5.41, 5.74) is 1.52. The first-order valence-electron chi connectivity index (χ1n) is 9.78. The molecule has 0 radical (unpaired) electrons. The number of carbonyl (C=O) groups excluding carboxylic acids is 1. The number of amides is 1. The molecule has 0 aliphatic heterocycles. The van der Waals surface area contributed by atoms with Crippen LogP contribution in [-0.4, -0.2) is 25.7 Å². The van der Waals surface area contributed by atoms with Gasteiger partial charge in [0.05, 0.1) is 25.5 Å². The van der Waals surface area contributed by atoms with Crippen LogP contribution in [0.15, 0.2) is 48.5 Å². The molecule has 5 heteroatoms. The third-order valence-electron chi connectivity index (χ3n) is 3.89. The molecule has 0 bridgehead atoms. The fraction of sp³-hybridized carbons (Fsp3) is 0.348. The van der Waals surface area contributed by atoms with Crippen LogP contribution in [0.1, 0.15) is 39.2 Å². The summed E-state index contributed by atoms with van der Waals surface area (Å²) in [7, 11) is 0. The average Bonchev–Trinajstić information content (AvgIpc) is 2.70. The van der Waals surface area contributed by atoms with Crippen molar-refractivity contribution in [2.45, 2.75) is 33.6 Å². The number of benzene rings is 2. The molecule has 0 fully saturated rings. The summed E-state index contributed by atoms with van der Waals surface area (Å²) < 4.78 is 16.9. The molecule has 28 heavy (non-hydrogen) atoms. The van der Waals surface area contributed by atoms with E-state index in [0.29, 0.717) is 42.8 Å². The minimum Gasteiger partial charge on any atom is -0.491 e. The molecule has 2 aromatic rings. The maximum absolute atomic E-state index is 12.3. The highest BCUT2D eigenvalue weighted by molar-refractivity contribution is 6.02. The SMILES string of the molecule is CCCCOc1ccccc1NC(=O)C=Cc1ccc(OCC)c(OCC)c1. The second-order valence-corrected chi connectivity index (χ2v) is 6.09. The van der Waals surface area contributed by atoms with E-state index in [2.05, 4.69) is 12.2 Å². The van der Waals surface area contributed by atoms with Crippen LogP contribution in [0.3, 0.4) is 0 Å². The number of para-hydroxylation sites is 2. The molecule has 0 unspecified atom stereocenters. The van der Waals surface area contributed by atoms with E-state index < -0.39 is 0 Å². The van der Waals surface area contributed by atoms with Gasteiger partial charge in [-0.3, -0.25) is 4.79 Å². The van der Waals surface area contributed by atoms with Gasteiger partial charge in [-0.1, -0.05) is 31.5 Å². The zero-order chi connectivity index (χ0) is 20.2. The molecule has 0 saturated heterocycles. The lowest BCUT2D eigenvalue weighted by Crippen LogP contribution is -2.09.